The Hall–Kier alpha value is -1.91. The van der Waals surface area contributed by atoms with Gasteiger partial charge in [-0.15, -0.1) is 0 Å². The zero-order valence-corrected chi connectivity index (χ0v) is 17.0. The van der Waals surface area contributed by atoms with Gasteiger partial charge in [0.1, 0.15) is 0 Å². The van der Waals surface area contributed by atoms with Crippen LogP contribution >= 0.6 is 0 Å². The van der Waals surface area contributed by atoms with Crippen LogP contribution in [0.4, 0.5) is 0 Å². The standard InChI is InChI=1S/C22H29NO2S/c1-17(2)15-22(18(3)4)23(16-20-9-7-6-8-10-20)26(24,25)21-13-11-19(5)12-14-21/h6-14,17,22H,3,15-16H2,1-2,4-5H3. The third-order valence-electron chi connectivity index (χ3n) is 4.42. The third-order valence-corrected chi connectivity index (χ3v) is 6.29. The van der Waals surface area contributed by atoms with E-state index in [0.29, 0.717) is 17.4 Å². The molecular weight excluding hydrogens is 342 g/mol. The molecular formula is C22H29NO2S. The van der Waals surface area contributed by atoms with Gasteiger partial charge in [-0.05, 0) is 43.9 Å². The Morgan fingerprint density at radius 1 is 1.04 bits per heavy atom. The van der Waals surface area contributed by atoms with Crippen LogP contribution in [0, 0.1) is 12.8 Å². The number of benzene rings is 2. The minimum Gasteiger partial charge on any atom is -0.207 e. The highest BCUT2D eigenvalue weighted by atomic mass is 32.2. The van der Waals surface area contributed by atoms with Crippen molar-refractivity contribution in [2.24, 2.45) is 5.92 Å². The second-order valence-electron chi connectivity index (χ2n) is 7.34. The van der Waals surface area contributed by atoms with Crippen molar-refractivity contribution in [1.82, 2.24) is 4.31 Å². The molecule has 2 rings (SSSR count). The topological polar surface area (TPSA) is 37.4 Å². The van der Waals surface area contributed by atoms with Crippen molar-refractivity contribution in [2.75, 3.05) is 0 Å². The molecule has 0 saturated carbocycles. The minimum absolute atomic E-state index is 0.235. The van der Waals surface area contributed by atoms with Crippen LogP contribution in [0.2, 0.25) is 0 Å². The molecule has 0 N–H and O–H groups in total. The summed E-state index contributed by atoms with van der Waals surface area (Å²) in [5.41, 5.74) is 2.88. The molecule has 2 aromatic rings. The average Bonchev–Trinajstić information content (AvgIpc) is 2.58. The molecule has 1 atom stereocenters. The number of nitrogens with zero attached hydrogens (tertiary/aromatic N) is 1. The fraction of sp³-hybridized carbons (Fsp3) is 0.364. The molecule has 0 aliphatic carbocycles. The highest BCUT2D eigenvalue weighted by molar-refractivity contribution is 7.89. The molecule has 0 aromatic heterocycles. The molecule has 3 nitrogen and oxygen atoms in total. The maximum absolute atomic E-state index is 13.5. The van der Waals surface area contributed by atoms with Gasteiger partial charge in [0, 0.05) is 12.6 Å². The summed E-state index contributed by atoms with van der Waals surface area (Å²) in [6.45, 7) is 12.5. The van der Waals surface area contributed by atoms with Crippen LogP contribution < -0.4 is 0 Å². The Kier molecular flexibility index (Phi) is 6.79. The van der Waals surface area contributed by atoms with Gasteiger partial charge in [-0.1, -0.05) is 74.0 Å². The summed E-state index contributed by atoms with van der Waals surface area (Å²) in [6, 6.07) is 16.5. The van der Waals surface area contributed by atoms with Gasteiger partial charge in [0.05, 0.1) is 4.90 Å². The van der Waals surface area contributed by atoms with E-state index in [9.17, 15) is 8.42 Å². The Balaban J connectivity index is 2.50. The lowest BCUT2D eigenvalue weighted by molar-refractivity contribution is 0.305. The third kappa shape index (κ3) is 5.05. The maximum Gasteiger partial charge on any atom is 0.243 e. The second-order valence-corrected chi connectivity index (χ2v) is 9.23. The first kappa shape index (κ1) is 20.4. The highest BCUT2D eigenvalue weighted by Crippen LogP contribution is 2.27. The molecule has 0 aliphatic rings. The van der Waals surface area contributed by atoms with Crippen molar-refractivity contribution < 1.29 is 8.42 Å². The minimum atomic E-state index is -3.63. The quantitative estimate of drug-likeness (QED) is 0.600. The van der Waals surface area contributed by atoms with Gasteiger partial charge in [0.25, 0.3) is 0 Å². The van der Waals surface area contributed by atoms with E-state index >= 15 is 0 Å². The smallest absolute Gasteiger partial charge is 0.207 e. The van der Waals surface area contributed by atoms with Crippen LogP contribution in [0.15, 0.2) is 71.6 Å². The molecule has 2 aromatic carbocycles. The summed E-state index contributed by atoms with van der Waals surface area (Å²) in [5, 5.41) is 0. The van der Waals surface area contributed by atoms with Crippen molar-refractivity contribution in [3.63, 3.8) is 0 Å². The van der Waals surface area contributed by atoms with Crippen molar-refractivity contribution in [3.8, 4) is 0 Å². The fourth-order valence-electron chi connectivity index (χ4n) is 2.98. The molecule has 0 radical (unpaired) electrons. The second kappa shape index (κ2) is 8.65. The Bertz CT molecular complexity index is 824. The molecule has 0 fully saturated rings. The van der Waals surface area contributed by atoms with E-state index in [4.69, 9.17) is 0 Å². The van der Waals surface area contributed by atoms with Crippen LogP contribution in [-0.4, -0.2) is 18.8 Å². The lowest BCUT2D eigenvalue weighted by atomic mass is 9.98. The van der Waals surface area contributed by atoms with Gasteiger partial charge in [0.15, 0.2) is 0 Å². The van der Waals surface area contributed by atoms with E-state index in [0.717, 1.165) is 23.1 Å². The van der Waals surface area contributed by atoms with Gasteiger partial charge in [-0.3, -0.25) is 0 Å². The molecule has 26 heavy (non-hydrogen) atoms. The summed E-state index contributed by atoms with van der Waals surface area (Å²) in [5.74, 6) is 0.364. The van der Waals surface area contributed by atoms with Crippen LogP contribution in [0.1, 0.15) is 38.3 Å². The van der Waals surface area contributed by atoms with E-state index < -0.39 is 10.0 Å². The van der Waals surface area contributed by atoms with Crippen molar-refractivity contribution in [1.29, 1.82) is 0 Å². The van der Waals surface area contributed by atoms with Crippen LogP contribution in [0.25, 0.3) is 0 Å². The fourth-order valence-corrected chi connectivity index (χ4v) is 4.65. The summed E-state index contributed by atoms with van der Waals surface area (Å²) < 4.78 is 28.5. The average molecular weight is 372 g/mol. The van der Waals surface area contributed by atoms with Crippen molar-refractivity contribution >= 4 is 10.0 Å². The van der Waals surface area contributed by atoms with E-state index in [-0.39, 0.29) is 6.04 Å². The van der Waals surface area contributed by atoms with Crippen LogP contribution in [0.5, 0.6) is 0 Å². The molecule has 0 saturated heterocycles. The first-order valence-electron chi connectivity index (χ1n) is 8.99. The Labute approximate surface area is 158 Å². The summed E-state index contributed by atoms with van der Waals surface area (Å²) in [7, 11) is -3.63. The van der Waals surface area contributed by atoms with Crippen LogP contribution in [0.3, 0.4) is 0 Å². The van der Waals surface area contributed by atoms with E-state index in [1.165, 1.54) is 0 Å². The molecule has 0 amide bonds. The molecule has 0 spiro atoms. The van der Waals surface area contributed by atoms with Crippen molar-refractivity contribution in [3.05, 3.63) is 77.9 Å². The molecule has 4 heteroatoms. The number of hydrogen-bond acceptors (Lipinski definition) is 2. The maximum atomic E-state index is 13.5. The Morgan fingerprint density at radius 2 is 1.62 bits per heavy atom. The lowest BCUT2D eigenvalue weighted by Gasteiger charge is -2.32. The number of rotatable bonds is 8. The molecule has 140 valence electrons. The summed E-state index contributed by atoms with van der Waals surface area (Å²) in [6.07, 6.45) is 0.743. The first-order chi connectivity index (χ1) is 12.2. The number of aryl methyl sites for hydroxylation is 1. The number of sulfonamides is 1. The predicted molar refractivity (Wildman–Crippen MR) is 108 cm³/mol. The van der Waals surface area contributed by atoms with E-state index in [1.54, 1.807) is 16.4 Å². The molecule has 1 unspecified atom stereocenters. The first-order valence-corrected chi connectivity index (χ1v) is 10.4. The van der Waals surface area contributed by atoms with E-state index in [1.807, 2.05) is 56.3 Å². The molecule has 0 heterocycles. The van der Waals surface area contributed by atoms with Crippen molar-refractivity contribution in [2.45, 2.75) is 51.6 Å². The van der Waals surface area contributed by atoms with Gasteiger partial charge in [-0.2, -0.15) is 4.31 Å². The van der Waals surface area contributed by atoms with Crippen LogP contribution in [-0.2, 0) is 16.6 Å². The highest BCUT2D eigenvalue weighted by Gasteiger charge is 2.32. The van der Waals surface area contributed by atoms with E-state index in [2.05, 4.69) is 20.4 Å². The zero-order chi connectivity index (χ0) is 19.3. The van der Waals surface area contributed by atoms with Gasteiger partial charge < -0.3 is 0 Å². The molecule has 0 bridgehead atoms. The van der Waals surface area contributed by atoms with Gasteiger partial charge in [-0.25, -0.2) is 8.42 Å². The van der Waals surface area contributed by atoms with Gasteiger partial charge >= 0.3 is 0 Å². The Morgan fingerprint density at radius 3 is 2.12 bits per heavy atom. The normalized spacial score (nSPS) is 13.2. The lowest BCUT2D eigenvalue weighted by Crippen LogP contribution is -2.41. The number of hydrogen-bond donors (Lipinski definition) is 0. The molecule has 0 aliphatic heterocycles. The monoisotopic (exact) mass is 371 g/mol. The SMILES string of the molecule is C=C(C)C(CC(C)C)N(Cc1ccccc1)S(=O)(=O)c1ccc(C)cc1. The summed E-state index contributed by atoms with van der Waals surface area (Å²) >= 11 is 0. The van der Waals surface area contributed by atoms with Gasteiger partial charge in [0.2, 0.25) is 10.0 Å². The largest absolute Gasteiger partial charge is 0.243 e. The zero-order valence-electron chi connectivity index (χ0n) is 16.1. The predicted octanol–water partition coefficient (Wildman–Crippen LogP) is 5.18. The summed E-state index contributed by atoms with van der Waals surface area (Å²) in [4.78, 5) is 0.328.